The topological polar surface area (TPSA) is 41.1 Å². The van der Waals surface area contributed by atoms with Gasteiger partial charge in [-0.05, 0) is 38.3 Å². The zero-order chi connectivity index (χ0) is 13.8. The van der Waals surface area contributed by atoms with Crippen molar-refractivity contribution >= 4 is 5.95 Å². The van der Waals surface area contributed by atoms with Crippen molar-refractivity contribution in [1.82, 2.24) is 15.3 Å². The maximum absolute atomic E-state index is 4.69. The van der Waals surface area contributed by atoms with Crippen LogP contribution in [-0.2, 0) is 0 Å². The second-order valence-corrected chi connectivity index (χ2v) is 5.92. The fraction of sp³-hybridized carbons (Fsp3) is 0.733. The van der Waals surface area contributed by atoms with Gasteiger partial charge in [-0.25, -0.2) is 9.97 Å². The summed E-state index contributed by atoms with van der Waals surface area (Å²) in [7, 11) is 2.09. The standard InChI is InChI=1S/C15H26N4/c1-11(2)14-9-12(3)17-15(18-14)19(4)10-13-7-5-6-8-16-13/h9,11,13,16H,5-8,10H2,1-4H3. The molecular weight excluding hydrogens is 236 g/mol. The minimum absolute atomic E-state index is 0.446. The van der Waals surface area contributed by atoms with Crippen LogP contribution in [-0.4, -0.2) is 36.1 Å². The molecule has 2 rings (SSSR count). The first-order chi connectivity index (χ1) is 9.06. The molecule has 1 saturated heterocycles. The van der Waals surface area contributed by atoms with Crippen LogP contribution in [0, 0.1) is 6.92 Å². The molecule has 0 spiro atoms. The number of rotatable bonds is 4. The SMILES string of the molecule is Cc1cc(C(C)C)nc(N(C)CC2CCCCN2)n1. The first-order valence-corrected chi connectivity index (χ1v) is 7.36. The van der Waals surface area contributed by atoms with E-state index in [1.807, 2.05) is 6.92 Å². The fourth-order valence-corrected chi connectivity index (χ4v) is 2.54. The van der Waals surface area contributed by atoms with Gasteiger partial charge in [-0.1, -0.05) is 20.3 Å². The average molecular weight is 262 g/mol. The van der Waals surface area contributed by atoms with Gasteiger partial charge in [0.2, 0.25) is 5.95 Å². The van der Waals surface area contributed by atoms with Crippen LogP contribution in [0.1, 0.15) is 50.4 Å². The predicted octanol–water partition coefficient (Wildman–Crippen LogP) is 2.49. The Morgan fingerprint density at radius 1 is 1.37 bits per heavy atom. The van der Waals surface area contributed by atoms with E-state index in [2.05, 4.69) is 47.1 Å². The number of aryl methyl sites for hydroxylation is 1. The Morgan fingerprint density at radius 2 is 2.16 bits per heavy atom. The molecule has 1 aromatic rings. The van der Waals surface area contributed by atoms with E-state index in [-0.39, 0.29) is 0 Å². The van der Waals surface area contributed by atoms with E-state index in [1.165, 1.54) is 19.3 Å². The summed E-state index contributed by atoms with van der Waals surface area (Å²) in [6.45, 7) is 8.53. The van der Waals surface area contributed by atoms with Crippen LogP contribution in [0.5, 0.6) is 0 Å². The van der Waals surface area contributed by atoms with Crippen molar-refractivity contribution in [1.29, 1.82) is 0 Å². The van der Waals surface area contributed by atoms with Gasteiger partial charge in [0.05, 0.1) is 0 Å². The lowest BCUT2D eigenvalue weighted by molar-refractivity contribution is 0.402. The summed E-state index contributed by atoms with van der Waals surface area (Å²) in [5, 5.41) is 3.57. The fourth-order valence-electron chi connectivity index (χ4n) is 2.54. The maximum Gasteiger partial charge on any atom is 0.225 e. The zero-order valence-electron chi connectivity index (χ0n) is 12.6. The van der Waals surface area contributed by atoms with Gasteiger partial charge >= 0.3 is 0 Å². The van der Waals surface area contributed by atoms with Crippen molar-refractivity contribution in [3.8, 4) is 0 Å². The molecule has 106 valence electrons. The van der Waals surface area contributed by atoms with Crippen molar-refractivity contribution in [2.75, 3.05) is 25.0 Å². The molecule has 4 heteroatoms. The van der Waals surface area contributed by atoms with E-state index >= 15 is 0 Å². The zero-order valence-corrected chi connectivity index (χ0v) is 12.6. The summed E-state index contributed by atoms with van der Waals surface area (Å²) in [6, 6.07) is 2.66. The number of likely N-dealkylation sites (N-methyl/N-ethyl adjacent to an activating group) is 1. The molecule has 1 fully saturated rings. The molecule has 0 aliphatic carbocycles. The monoisotopic (exact) mass is 262 g/mol. The number of nitrogens with one attached hydrogen (secondary N) is 1. The average Bonchev–Trinajstić information content (AvgIpc) is 2.39. The first kappa shape index (κ1) is 14.3. The highest BCUT2D eigenvalue weighted by Gasteiger charge is 2.17. The van der Waals surface area contributed by atoms with E-state index in [4.69, 9.17) is 0 Å². The third-order valence-corrected chi connectivity index (χ3v) is 3.70. The molecule has 1 unspecified atom stereocenters. The van der Waals surface area contributed by atoms with Gasteiger partial charge in [-0.15, -0.1) is 0 Å². The van der Waals surface area contributed by atoms with E-state index in [1.54, 1.807) is 0 Å². The maximum atomic E-state index is 4.69. The van der Waals surface area contributed by atoms with Crippen LogP contribution >= 0.6 is 0 Å². The van der Waals surface area contributed by atoms with E-state index in [0.29, 0.717) is 12.0 Å². The molecular formula is C15H26N4. The quantitative estimate of drug-likeness (QED) is 0.905. The summed E-state index contributed by atoms with van der Waals surface area (Å²) in [5.74, 6) is 1.30. The summed E-state index contributed by atoms with van der Waals surface area (Å²) in [6.07, 6.45) is 3.89. The number of piperidine rings is 1. The number of aromatic nitrogens is 2. The Hall–Kier alpha value is -1.16. The summed E-state index contributed by atoms with van der Waals surface area (Å²) in [5.41, 5.74) is 2.18. The van der Waals surface area contributed by atoms with Crippen molar-refractivity contribution in [2.45, 2.75) is 52.0 Å². The van der Waals surface area contributed by atoms with Gasteiger partial charge in [0, 0.05) is 31.0 Å². The summed E-state index contributed by atoms with van der Waals surface area (Å²) < 4.78 is 0. The Morgan fingerprint density at radius 3 is 2.79 bits per heavy atom. The van der Waals surface area contributed by atoms with Gasteiger partial charge < -0.3 is 10.2 Å². The molecule has 1 atom stereocenters. The largest absolute Gasteiger partial charge is 0.342 e. The Kier molecular flexibility index (Phi) is 4.75. The van der Waals surface area contributed by atoms with Crippen LogP contribution in [0.25, 0.3) is 0 Å². The minimum Gasteiger partial charge on any atom is -0.342 e. The molecule has 1 aliphatic heterocycles. The third kappa shape index (κ3) is 3.90. The van der Waals surface area contributed by atoms with Gasteiger partial charge in [0.25, 0.3) is 0 Å². The molecule has 0 saturated carbocycles. The Labute approximate surface area is 116 Å². The number of hydrogen-bond acceptors (Lipinski definition) is 4. The van der Waals surface area contributed by atoms with Gasteiger partial charge in [-0.2, -0.15) is 0 Å². The highest BCUT2D eigenvalue weighted by atomic mass is 15.2. The molecule has 1 aromatic heterocycles. The van der Waals surface area contributed by atoms with Crippen molar-refractivity contribution in [2.24, 2.45) is 0 Å². The van der Waals surface area contributed by atoms with E-state index in [9.17, 15) is 0 Å². The molecule has 0 bridgehead atoms. The van der Waals surface area contributed by atoms with Crippen LogP contribution in [0.2, 0.25) is 0 Å². The third-order valence-electron chi connectivity index (χ3n) is 3.70. The molecule has 19 heavy (non-hydrogen) atoms. The van der Waals surface area contributed by atoms with Crippen LogP contribution < -0.4 is 10.2 Å². The van der Waals surface area contributed by atoms with Crippen LogP contribution in [0.15, 0.2) is 6.07 Å². The minimum atomic E-state index is 0.446. The second-order valence-electron chi connectivity index (χ2n) is 5.92. The van der Waals surface area contributed by atoms with Crippen LogP contribution in [0.3, 0.4) is 0 Å². The molecule has 4 nitrogen and oxygen atoms in total. The lowest BCUT2D eigenvalue weighted by Gasteiger charge is -2.28. The number of nitrogens with zero attached hydrogens (tertiary/aromatic N) is 3. The molecule has 0 radical (unpaired) electrons. The number of hydrogen-bond donors (Lipinski definition) is 1. The first-order valence-electron chi connectivity index (χ1n) is 7.36. The van der Waals surface area contributed by atoms with E-state index in [0.717, 1.165) is 30.4 Å². The molecule has 0 amide bonds. The van der Waals surface area contributed by atoms with Crippen molar-refractivity contribution in [3.63, 3.8) is 0 Å². The normalized spacial score (nSPS) is 19.7. The van der Waals surface area contributed by atoms with Gasteiger partial charge in [-0.3, -0.25) is 0 Å². The lowest BCUT2D eigenvalue weighted by atomic mass is 10.0. The lowest BCUT2D eigenvalue weighted by Crippen LogP contribution is -2.43. The predicted molar refractivity (Wildman–Crippen MR) is 79.8 cm³/mol. The van der Waals surface area contributed by atoms with Crippen molar-refractivity contribution < 1.29 is 0 Å². The summed E-state index contributed by atoms with van der Waals surface area (Å²) in [4.78, 5) is 11.4. The molecule has 1 N–H and O–H groups in total. The Balaban J connectivity index is 2.07. The molecule has 2 heterocycles. The van der Waals surface area contributed by atoms with E-state index < -0.39 is 0 Å². The van der Waals surface area contributed by atoms with Gasteiger partial charge in [0.15, 0.2) is 0 Å². The molecule has 1 aliphatic rings. The number of anilines is 1. The summed E-state index contributed by atoms with van der Waals surface area (Å²) >= 11 is 0. The smallest absolute Gasteiger partial charge is 0.225 e. The highest BCUT2D eigenvalue weighted by Crippen LogP contribution is 2.17. The second kappa shape index (κ2) is 6.33. The van der Waals surface area contributed by atoms with Gasteiger partial charge in [0.1, 0.15) is 0 Å². The Bertz CT molecular complexity index is 411. The van der Waals surface area contributed by atoms with Crippen molar-refractivity contribution in [3.05, 3.63) is 17.5 Å². The van der Waals surface area contributed by atoms with Crippen LogP contribution in [0.4, 0.5) is 5.95 Å². The highest BCUT2D eigenvalue weighted by molar-refractivity contribution is 5.32. The molecule has 0 aromatic carbocycles.